The van der Waals surface area contributed by atoms with E-state index in [1.54, 1.807) is 0 Å². The standard InChI is InChI=1S/C14H18ClNS/c1-17-14(4-5-14)9-16-13-7-10-2-3-12(15)6-11(10)8-13/h2-3,6,13,16H,4-5,7-9H2,1H3. The number of nitrogens with one attached hydrogen (secondary N) is 1. The SMILES string of the molecule is CSC1(CNC2Cc3ccc(Cl)cc3C2)CC1. The molecule has 1 aromatic rings. The van der Waals surface area contributed by atoms with E-state index in [9.17, 15) is 0 Å². The molecule has 1 N–H and O–H groups in total. The van der Waals surface area contributed by atoms with Gasteiger partial charge in [0.2, 0.25) is 0 Å². The Balaban J connectivity index is 1.59. The first-order chi connectivity index (χ1) is 8.21. The minimum atomic E-state index is 0.562. The summed E-state index contributed by atoms with van der Waals surface area (Å²) in [6.07, 6.45) is 7.30. The molecule has 17 heavy (non-hydrogen) atoms. The van der Waals surface area contributed by atoms with E-state index in [0.717, 1.165) is 17.9 Å². The Labute approximate surface area is 112 Å². The normalized spacial score (nSPS) is 24.7. The molecule has 1 atom stereocenters. The Morgan fingerprint density at radius 1 is 1.35 bits per heavy atom. The average Bonchev–Trinajstić information content (AvgIpc) is 3.00. The molecule has 3 rings (SSSR count). The highest BCUT2D eigenvalue weighted by Gasteiger charge is 2.42. The summed E-state index contributed by atoms with van der Waals surface area (Å²) in [5.41, 5.74) is 2.91. The summed E-state index contributed by atoms with van der Waals surface area (Å²) < 4.78 is 0.562. The molecule has 92 valence electrons. The van der Waals surface area contributed by atoms with E-state index in [4.69, 9.17) is 11.6 Å². The maximum absolute atomic E-state index is 6.03. The first-order valence-electron chi connectivity index (χ1n) is 6.27. The van der Waals surface area contributed by atoms with E-state index in [2.05, 4.69) is 23.7 Å². The van der Waals surface area contributed by atoms with Crippen molar-refractivity contribution in [3.63, 3.8) is 0 Å². The Morgan fingerprint density at radius 2 is 2.12 bits per heavy atom. The monoisotopic (exact) mass is 267 g/mol. The highest BCUT2D eigenvalue weighted by molar-refractivity contribution is 8.00. The number of hydrogen-bond donors (Lipinski definition) is 1. The van der Waals surface area contributed by atoms with Gasteiger partial charge in [-0.15, -0.1) is 0 Å². The Kier molecular flexibility index (Phi) is 3.14. The van der Waals surface area contributed by atoms with E-state index in [1.165, 1.54) is 30.5 Å². The molecule has 1 unspecified atom stereocenters. The average molecular weight is 268 g/mol. The topological polar surface area (TPSA) is 12.0 Å². The number of rotatable bonds is 4. The lowest BCUT2D eigenvalue weighted by molar-refractivity contribution is 0.526. The molecule has 0 aromatic heterocycles. The molecule has 2 aliphatic rings. The summed E-state index contributed by atoms with van der Waals surface area (Å²) in [4.78, 5) is 0. The zero-order valence-electron chi connectivity index (χ0n) is 10.1. The summed E-state index contributed by atoms with van der Waals surface area (Å²) in [5, 5.41) is 4.61. The van der Waals surface area contributed by atoms with Gasteiger partial charge in [0.05, 0.1) is 0 Å². The maximum atomic E-state index is 6.03. The lowest BCUT2D eigenvalue weighted by Crippen LogP contribution is -2.35. The molecule has 0 amide bonds. The van der Waals surface area contributed by atoms with Gasteiger partial charge < -0.3 is 5.32 Å². The number of hydrogen-bond acceptors (Lipinski definition) is 2. The van der Waals surface area contributed by atoms with Crippen LogP contribution < -0.4 is 5.32 Å². The summed E-state index contributed by atoms with van der Waals surface area (Å²) in [7, 11) is 0. The second-order valence-electron chi connectivity index (χ2n) is 5.29. The van der Waals surface area contributed by atoms with Crippen LogP contribution >= 0.6 is 23.4 Å². The lowest BCUT2D eigenvalue weighted by atomic mass is 10.1. The van der Waals surface area contributed by atoms with E-state index >= 15 is 0 Å². The van der Waals surface area contributed by atoms with Gasteiger partial charge in [0.25, 0.3) is 0 Å². The first kappa shape index (κ1) is 11.9. The zero-order valence-corrected chi connectivity index (χ0v) is 11.7. The molecule has 0 heterocycles. The summed E-state index contributed by atoms with van der Waals surface area (Å²) in [6.45, 7) is 1.17. The summed E-state index contributed by atoms with van der Waals surface area (Å²) in [6, 6.07) is 6.93. The summed E-state index contributed by atoms with van der Waals surface area (Å²) >= 11 is 8.05. The third-order valence-electron chi connectivity index (χ3n) is 4.05. The van der Waals surface area contributed by atoms with Crippen LogP contribution in [0.15, 0.2) is 18.2 Å². The Hall–Kier alpha value is -0.180. The van der Waals surface area contributed by atoms with E-state index < -0.39 is 0 Å². The van der Waals surface area contributed by atoms with Crippen molar-refractivity contribution in [2.45, 2.75) is 36.5 Å². The predicted molar refractivity (Wildman–Crippen MR) is 76.1 cm³/mol. The molecule has 1 aromatic carbocycles. The fraction of sp³-hybridized carbons (Fsp3) is 0.571. The van der Waals surface area contributed by atoms with Gasteiger partial charge >= 0.3 is 0 Å². The molecule has 0 radical (unpaired) electrons. The molecule has 1 saturated carbocycles. The minimum Gasteiger partial charge on any atom is -0.312 e. The van der Waals surface area contributed by atoms with Crippen molar-refractivity contribution < 1.29 is 0 Å². The van der Waals surface area contributed by atoms with Gasteiger partial charge in [-0.25, -0.2) is 0 Å². The van der Waals surface area contributed by atoms with Gasteiger partial charge in [0.1, 0.15) is 0 Å². The van der Waals surface area contributed by atoms with Crippen LogP contribution in [0.4, 0.5) is 0 Å². The zero-order chi connectivity index (χ0) is 11.9. The Morgan fingerprint density at radius 3 is 2.82 bits per heavy atom. The minimum absolute atomic E-state index is 0.562. The number of halogens is 1. The van der Waals surface area contributed by atoms with Gasteiger partial charge in [0.15, 0.2) is 0 Å². The summed E-state index contributed by atoms with van der Waals surface area (Å²) in [5.74, 6) is 0. The van der Waals surface area contributed by atoms with E-state index in [1.807, 2.05) is 17.8 Å². The molecule has 1 fully saturated rings. The highest BCUT2D eigenvalue weighted by Crippen LogP contribution is 2.46. The van der Waals surface area contributed by atoms with Crippen molar-refractivity contribution in [2.75, 3.05) is 12.8 Å². The number of fused-ring (bicyclic) bond motifs is 1. The number of benzene rings is 1. The highest BCUT2D eigenvalue weighted by atomic mass is 35.5. The molecule has 0 aliphatic heterocycles. The van der Waals surface area contributed by atoms with Crippen molar-refractivity contribution in [1.82, 2.24) is 5.32 Å². The molecular weight excluding hydrogens is 250 g/mol. The van der Waals surface area contributed by atoms with Crippen LogP contribution in [-0.2, 0) is 12.8 Å². The Bertz CT molecular complexity index is 428. The van der Waals surface area contributed by atoms with Gasteiger partial charge in [-0.05, 0) is 55.2 Å². The molecule has 2 aliphatic carbocycles. The smallest absolute Gasteiger partial charge is 0.0408 e. The molecule has 0 bridgehead atoms. The maximum Gasteiger partial charge on any atom is 0.0408 e. The molecule has 3 heteroatoms. The van der Waals surface area contributed by atoms with Crippen LogP contribution in [0, 0.1) is 0 Å². The quantitative estimate of drug-likeness (QED) is 0.899. The first-order valence-corrected chi connectivity index (χ1v) is 7.87. The molecule has 0 spiro atoms. The van der Waals surface area contributed by atoms with Crippen LogP contribution in [0.1, 0.15) is 24.0 Å². The second-order valence-corrected chi connectivity index (χ2v) is 7.00. The van der Waals surface area contributed by atoms with Crippen LogP contribution in [0.2, 0.25) is 5.02 Å². The van der Waals surface area contributed by atoms with Crippen LogP contribution in [0.25, 0.3) is 0 Å². The fourth-order valence-electron chi connectivity index (χ4n) is 2.65. The predicted octanol–water partition coefficient (Wildman–Crippen LogP) is 3.29. The molecule has 0 saturated heterocycles. The number of thioether (sulfide) groups is 1. The largest absolute Gasteiger partial charge is 0.312 e. The van der Waals surface area contributed by atoms with Crippen molar-refractivity contribution >= 4 is 23.4 Å². The second kappa shape index (κ2) is 4.49. The van der Waals surface area contributed by atoms with Gasteiger partial charge in [-0.3, -0.25) is 0 Å². The lowest BCUT2D eigenvalue weighted by Gasteiger charge is -2.17. The van der Waals surface area contributed by atoms with E-state index in [0.29, 0.717) is 10.8 Å². The molecule has 1 nitrogen and oxygen atoms in total. The third-order valence-corrected chi connectivity index (χ3v) is 5.71. The van der Waals surface area contributed by atoms with Crippen molar-refractivity contribution in [2.24, 2.45) is 0 Å². The van der Waals surface area contributed by atoms with Gasteiger partial charge in [0, 0.05) is 22.4 Å². The van der Waals surface area contributed by atoms with Crippen LogP contribution in [-0.4, -0.2) is 23.6 Å². The van der Waals surface area contributed by atoms with Crippen molar-refractivity contribution in [1.29, 1.82) is 0 Å². The third kappa shape index (κ3) is 2.49. The van der Waals surface area contributed by atoms with E-state index in [-0.39, 0.29) is 0 Å². The van der Waals surface area contributed by atoms with Crippen LogP contribution in [0.3, 0.4) is 0 Å². The van der Waals surface area contributed by atoms with Gasteiger partial charge in [-0.2, -0.15) is 11.8 Å². The van der Waals surface area contributed by atoms with Crippen molar-refractivity contribution in [3.8, 4) is 0 Å². The molecular formula is C14H18ClNS. The fourth-order valence-corrected chi connectivity index (χ4v) is 3.59. The van der Waals surface area contributed by atoms with Gasteiger partial charge in [-0.1, -0.05) is 17.7 Å². The van der Waals surface area contributed by atoms with Crippen LogP contribution in [0.5, 0.6) is 0 Å². The van der Waals surface area contributed by atoms with Crippen molar-refractivity contribution in [3.05, 3.63) is 34.3 Å².